The summed E-state index contributed by atoms with van der Waals surface area (Å²) in [7, 11) is 0. The van der Waals surface area contributed by atoms with Gasteiger partial charge in [0.15, 0.2) is 5.82 Å². The van der Waals surface area contributed by atoms with E-state index in [9.17, 15) is 9.18 Å². The van der Waals surface area contributed by atoms with Crippen molar-refractivity contribution in [3.63, 3.8) is 0 Å². The Morgan fingerprint density at radius 2 is 1.83 bits per heavy atom. The van der Waals surface area contributed by atoms with Crippen LogP contribution in [0.1, 0.15) is 32.0 Å². The first-order valence-corrected chi connectivity index (χ1v) is 11.3. The van der Waals surface area contributed by atoms with Gasteiger partial charge in [-0.1, -0.05) is 26.8 Å². The maximum Gasteiger partial charge on any atom is 0.322 e. The quantitative estimate of drug-likeness (QED) is 0.571. The molecule has 184 valence electrons. The van der Waals surface area contributed by atoms with E-state index in [0.717, 1.165) is 5.56 Å². The summed E-state index contributed by atoms with van der Waals surface area (Å²) in [5.74, 6) is 0.656. The van der Waals surface area contributed by atoms with Crippen molar-refractivity contribution in [2.45, 2.75) is 32.8 Å². The number of benzene rings is 1. The maximum absolute atomic E-state index is 14.3. The van der Waals surface area contributed by atoms with Crippen molar-refractivity contribution in [1.29, 1.82) is 0 Å². The van der Waals surface area contributed by atoms with Crippen molar-refractivity contribution in [2.75, 3.05) is 42.1 Å². The minimum Gasteiger partial charge on any atom is -0.469 e. The summed E-state index contributed by atoms with van der Waals surface area (Å²) >= 11 is 0. The fourth-order valence-electron chi connectivity index (χ4n) is 3.68. The van der Waals surface area contributed by atoms with E-state index in [1.807, 2.05) is 25.7 Å². The van der Waals surface area contributed by atoms with Gasteiger partial charge in [0.25, 0.3) is 5.88 Å². The van der Waals surface area contributed by atoms with E-state index in [0.29, 0.717) is 43.6 Å². The number of hydrogen-bond acceptors (Lipinski definition) is 8. The highest BCUT2D eigenvalue weighted by Gasteiger charge is 2.25. The van der Waals surface area contributed by atoms with Gasteiger partial charge in [-0.2, -0.15) is 0 Å². The molecule has 0 spiro atoms. The minimum atomic E-state index is -0.461. The highest BCUT2D eigenvalue weighted by molar-refractivity contribution is 5.89. The molecule has 0 atom stereocenters. The number of rotatable bonds is 5. The van der Waals surface area contributed by atoms with Gasteiger partial charge in [0.05, 0.1) is 11.4 Å². The predicted octanol–water partition coefficient (Wildman–Crippen LogP) is 3.22. The Kier molecular flexibility index (Phi) is 6.94. The van der Waals surface area contributed by atoms with Gasteiger partial charge in [-0.25, -0.2) is 29.1 Å². The Balaban J connectivity index is 1.37. The van der Waals surface area contributed by atoms with Crippen molar-refractivity contribution in [3.8, 4) is 5.88 Å². The number of ether oxygens (including phenoxy) is 1. The zero-order valence-electron chi connectivity index (χ0n) is 20.0. The number of amides is 2. The molecule has 1 aromatic carbocycles. The first-order chi connectivity index (χ1) is 16.7. The molecule has 2 aromatic heterocycles. The molecule has 11 heteroatoms. The van der Waals surface area contributed by atoms with Crippen LogP contribution in [-0.4, -0.2) is 57.0 Å². The van der Waals surface area contributed by atoms with Gasteiger partial charge in [-0.15, -0.1) is 0 Å². The number of carbonyl (C=O) groups is 1. The summed E-state index contributed by atoms with van der Waals surface area (Å²) in [6.45, 7) is 8.20. The number of aromatic nitrogens is 4. The summed E-state index contributed by atoms with van der Waals surface area (Å²) < 4.78 is 20.2. The summed E-state index contributed by atoms with van der Waals surface area (Å²) in [5.41, 5.74) is 7.21. The lowest BCUT2D eigenvalue weighted by molar-refractivity contribution is 0.207. The van der Waals surface area contributed by atoms with Gasteiger partial charge in [-0.3, -0.25) is 0 Å². The molecule has 0 radical (unpaired) electrons. The minimum absolute atomic E-state index is 0.157. The topological polar surface area (TPSA) is 122 Å². The van der Waals surface area contributed by atoms with Crippen LogP contribution in [0.2, 0.25) is 0 Å². The summed E-state index contributed by atoms with van der Waals surface area (Å²) in [6.07, 6.45) is 4.71. The van der Waals surface area contributed by atoms with Crippen LogP contribution in [-0.2, 0) is 12.0 Å². The number of urea groups is 1. The first-order valence-electron chi connectivity index (χ1n) is 11.3. The van der Waals surface area contributed by atoms with E-state index in [2.05, 4.69) is 25.3 Å². The normalized spacial score (nSPS) is 14.1. The fraction of sp³-hybridized carbons (Fsp3) is 0.375. The summed E-state index contributed by atoms with van der Waals surface area (Å²) in [6, 6.07) is 6.19. The smallest absolute Gasteiger partial charge is 0.322 e. The molecule has 4 rings (SSSR count). The Morgan fingerprint density at radius 3 is 2.54 bits per heavy atom. The second-order valence-corrected chi connectivity index (χ2v) is 9.23. The lowest BCUT2D eigenvalue weighted by atomic mass is 9.87. The van der Waals surface area contributed by atoms with Crippen molar-refractivity contribution in [2.24, 2.45) is 0 Å². The molecule has 3 N–H and O–H groups in total. The molecule has 1 aliphatic heterocycles. The molecular formula is C24H29FN8O2. The van der Waals surface area contributed by atoms with Crippen molar-refractivity contribution < 1.29 is 13.9 Å². The third-order valence-corrected chi connectivity index (χ3v) is 5.68. The largest absolute Gasteiger partial charge is 0.469 e. The standard InChI is InChI=1S/C24H29FN8O2/c1-24(2,3)16-4-5-18(25)19(14-16)31-23(34)33-12-10-32(11-13-33)20-21(28-9-8-27-20)35-15-17-6-7-29-22(26)30-17/h4-9,14H,10-13,15H2,1-3H3,(H,31,34)(H2,26,29,30). The number of nitrogens with zero attached hydrogens (tertiary/aromatic N) is 6. The predicted molar refractivity (Wildman–Crippen MR) is 131 cm³/mol. The van der Waals surface area contributed by atoms with E-state index in [-0.39, 0.29) is 29.7 Å². The number of anilines is 3. The van der Waals surface area contributed by atoms with Gasteiger partial charge in [-0.05, 0) is 29.2 Å². The van der Waals surface area contributed by atoms with E-state index < -0.39 is 5.82 Å². The lowest BCUT2D eigenvalue weighted by Gasteiger charge is -2.35. The van der Waals surface area contributed by atoms with E-state index in [1.54, 1.807) is 41.7 Å². The highest BCUT2D eigenvalue weighted by atomic mass is 19.1. The highest BCUT2D eigenvalue weighted by Crippen LogP contribution is 2.27. The van der Waals surface area contributed by atoms with Crippen LogP contribution < -0.4 is 20.7 Å². The molecule has 1 aliphatic rings. The van der Waals surface area contributed by atoms with Gasteiger partial charge in [0, 0.05) is 44.8 Å². The summed E-state index contributed by atoms with van der Waals surface area (Å²) in [5, 5.41) is 2.72. The van der Waals surface area contributed by atoms with E-state index in [1.165, 1.54) is 6.07 Å². The van der Waals surface area contributed by atoms with Gasteiger partial charge >= 0.3 is 6.03 Å². The summed E-state index contributed by atoms with van der Waals surface area (Å²) in [4.78, 5) is 33.2. The molecule has 1 saturated heterocycles. The number of nitrogens with one attached hydrogen (secondary N) is 1. The van der Waals surface area contributed by atoms with Gasteiger partial charge in [0.2, 0.25) is 5.95 Å². The monoisotopic (exact) mass is 480 g/mol. The van der Waals surface area contributed by atoms with Crippen LogP contribution in [0.4, 0.5) is 26.6 Å². The number of piperazine rings is 1. The Morgan fingerprint density at radius 1 is 1.09 bits per heavy atom. The number of carbonyl (C=O) groups excluding carboxylic acids is 1. The molecule has 3 aromatic rings. The second-order valence-electron chi connectivity index (χ2n) is 9.23. The molecule has 0 saturated carbocycles. The molecule has 0 bridgehead atoms. The number of hydrogen-bond donors (Lipinski definition) is 2. The molecule has 10 nitrogen and oxygen atoms in total. The van der Waals surface area contributed by atoms with Crippen LogP contribution >= 0.6 is 0 Å². The van der Waals surface area contributed by atoms with Crippen molar-refractivity contribution in [1.82, 2.24) is 24.8 Å². The van der Waals surface area contributed by atoms with Gasteiger partial charge < -0.3 is 25.6 Å². The molecular weight excluding hydrogens is 451 g/mol. The Hall–Kier alpha value is -4.02. The zero-order valence-corrected chi connectivity index (χ0v) is 20.0. The molecule has 1 fully saturated rings. The SMILES string of the molecule is CC(C)(C)c1ccc(F)c(NC(=O)N2CCN(c3nccnc3OCc3ccnc(N)n3)CC2)c1. The van der Waals surface area contributed by atoms with E-state index >= 15 is 0 Å². The molecule has 3 heterocycles. The van der Waals surface area contributed by atoms with Crippen LogP contribution in [0.25, 0.3) is 0 Å². The lowest BCUT2D eigenvalue weighted by Crippen LogP contribution is -2.50. The van der Waals surface area contributed by atoms with Crippen LogP contribution in [0.3, 0.4) is 0 Å². The third kappa shape index (κ3) is 5.92. The Labute approximate surface area is 203 Å². The maximum atomic E-state index is 14.3. The number of nitrogen functional groups attached to an aromatic ring is 1. The number of halogens is 1. The average molecular weight is 481 g/mol. The van der Waals surface area contributed by atoms with E-state index in [4.69, 9.17) is 10.5 Å². The third-order valence-electron chi connectivity index (χ3n) is 5.68. The zero-order chi connectivity index (χ0) is 25.0. The molecule has 0 aliphatic carbocycles. The van der Waals surface area contributed by atoms with Gasteiger partial charge in [0.1, 0.15) is 12.4 Å². The average Bonchev–Trinajstić information content (AvgIpc) is 2.84. The molecule has 35 heavy (non-hydrogen) atoms. The number of nitrogens with two attached hydrogens (primary N) is 1. The van der Waals surface area contributed by atoms with Crippen LogP contribution in [0.15, 0.2) is 42.9 Å². The molecule has 2 amide bonds. The van der Waals surface area contributed by atoms with Crippen molar-refractivity contribution in [3.05, 3.63) is 59.9 Å². The van der Waals surface area contributed by atoms with Crippen molar-refractivity contribution >= 4 is 23.5 Å². The first kappa shape index (κ1) is 24.1. The van der Waals surface area contributed by atoms with Crippen LogP contribution in [0.5, 0.6) is 5.88 Å². The fourth-order valence-corrected chi connectivity index (χ4v) is 3.68. The molecule has 0 unspecified atom stereocenters. The van der Waals surface area contributed by atoms with Crippen LogP contribution in [0, 0.1) is 5.82 Å². The second kappa shape index (κ2) is 10.1. The Bertz CT molecular complexity index is 1190.